The first kappa shape index (κ1) is 22.6. The van der Waals surface area contributed by atoms with Crippen LogP contribution >= 0.6 is 11.6 Å². The minimum absolute atomic E-state index is 0.212. The molecule has 178 valence electrons. The van der Waals surface area contributed by atoms with E-state index in [9.17, 15) is 9.18 Å². The number of benzene rings is 1. The van der Waals surface area contributed by atoms with Crippen molar-refractivity contribution in [2.45, 2.75) is 32.9 Å². The molecule has 0 bridgehead atoms. The molecule has 1 N–H and O–H groups in total. The lowest BCUT2D eigenvalue weighted by Crippen LogP contribution is -2.31. The van der Waals surface area contributed by atoms with Gasteiger partial charge < -0.3 is 19.5 Å². The molecule has 0 spiro atoms. The normalized spacial score (nSPS) is 16.3. The quantitative estimate of drug-likeness (QED) is 0.460. The first-order valence-corrected chi connectivity index (χ1v) is 11.7. The molecule has 1 atom stereocenters. The minimum atomic E-state index is -0.516. The Morgan fingerprint density at radius 1 is 1.29 bits per heavy atom. The molecule has 1 aliphatic heterocycles. The van der Waals surface area contributed by atoms with E-state index < -0.39 is 11.7 Å². The summed E-state index contributed by atoms with van der Waals surface area (Å²) >= 11 is 6.69. The second-order valence-electron chi connectivity index (χ2n) is 9.00. The molecular formula is C24H27ClFN7O. The Morgan fingerprint density at radius 3 is 2.79 bits per heavy atom. The van der Waals surface area contributed by atoms with Crippen molar-refractivity contribution in [3.63, 3.8) is 0 Å². The van der Waals surface area contributed by atoms with Crippen LogP contribution in [0.1, 0.15) is 29.4 Å². The van der Waals surface area contributed by atoms with Crippen LogP contribution in [0.4, 0.5) is 15.8 Å². The Kier molecular flexibility index (Phi) is 5.69. The number of rotatable bonds is 5. The highest BCUT2D eigenvalue weighted by Crippen LogP contribution is 2.36. The number of aryl methyl sites for hydroxylation is 2. The molecule has 5 rings (SSSR count). The average Bonchev–Trinajstić information content (AvgIpc) is 3.50. The van der Waals surface area contributed by atoms with Crippen molar-refractivity contribution < 1.29 is 9.18 Å². The summed E-state index contributed by atoms with van der Waals surface area (Å²) in [4.78, 5) is 22.0. The van der Waals surface area contributed by atoms with Crippen LogP contribution < -0.4 is 10.2 Å². The largest absolute Gasteiger partial charge is 0.369 e. The van der Waals surface area contributed by atoms with Crippen molar-refractivity contribution in [3.05, 3.63) is 52.8 Å². The van der Waals surface area contributed by atoms with Crippen molar-refractivity contribution >= 4 is 45.4 Å². The van der Waals surface area contributed by atoms with E-state index in [2.05, 4.69) is 39.3 Å². The summed E-state index contributed by atoms with van der Waals surface area (Å²) in [6.07, 6.45) is 6.35. The van der Waals surface area contributed by atoms with Gasteiger partial charge in [0, 0.05) is 61.4 Å². The van der Waals surface area contributed by atoms with Crippen LogP contribution in [0.25, 0.3) is 16.6 Å². The van der Waals surface area contributed by atoms with Gasteiger partial charge in [0.1, 0.15) is 5.52 Å². The van der Waals surface area contributed by atoms with Crippen molar-refractivity contribution in [2.24, 2.45) is 0 Å². The molecule has 0 unspecified atom stereocenters. The molecule has 1 aliphatic rings. The van der Waals surface area contributed by atoms with Crippen molar-refractivity contribution in [2.75, 3.05) is 37.4 Å². The number of pyridine rings is 1. The van der Waals surface area contributed by atoms with Crippen molar-refractivity contribution in [1.29, 1.82) is 0 Å². The molecule has 1 amide bonds. The second-order valence-corrected chi connectivity index (χ2v) is 9.40. The van der Waals surface area contributed by atoms with Gasteiger partial charge in [-0.15, -0.1) is 0 Å². The standard InChI is InChI=1S/C24H27ClFN7O/c1-5-33-13-17-20(31-7-6-16(12-31)30(3)4)9-18(25)21(22(17)29-33)24(34)28-15-8-19(26)23-27-14(2)10-32(23)11-15/h8-11,13,16H,5-7,12H2,1-4H3,(H,28,34)/t16-/m0/s1. The lowest BCUT2D eigenvalue weighted by atomic mass is 10.1. The van der Waals surface area contributed by atoms with Crippen molar-refractivity contribution in [3.8, 4) is 0 Å². The third-order valence-electron chi connectivity index (χ3n) is 6.45. The number of hydrogen-bond donors (Lipinski definition) is 1. The number of nitrogens with one attached hydrogen (secondary N) is 1. The highest BCUT2D eigenvalue weighted by atomic mass is 35.5. The number of likely N-dealkylation sites (N-methyl/N-ethyl adjacent to an activating group) is 1. The number of hydrogen-bond acceptors (Lipinski definition) is 5. The third kappa shape index (κ3) is 3.88. The van der Waals surface area contributed by atoms with Gasteiger partial charge in [0.15, 0.2) is 11.5 Å². The van der Waals surface area contributed by atoms with Gasteiger partial charge >= 0.3 is 0 Å². The molecule has 3 aromatic heterocycles. The summed E-state index contributed by atoms with van der Waals surface area (Å²) in [5.74, 6) is -0.955. The maximum Gasteiger partial charge on any atom is 0.259 e. The molecule has 8 nitrogen and oxygen atoms in total. The Balaban J connectivity index is 1.54. The van der Waals surface area contributed by atoms with Crippen molar-refractivity contribution in [1.82, 2.24) is 24.1 Å². The Morgan fingerprint density at radius 2 is 2.09 bits per heavy atom. The van der Waals surface area contributed by atoms with E-state index in [1.807, 2.05) is 19.2 Å². The number of halogens is 2. The predicted octanol–water partition coefficient (Wildman–Crippen LogP) is 4.20. The zero-order valence-electron chi connectivity index (χ0n) is 19.6. The number of amides is 1. The number of nitrogens with zero attached hydrogens (tertiary/aromatic N) is 6. The molecule has 1 aromatic carbocycles. The van der Waals surface area contributed by atoms with E-state index in [4.69, 9.17) is 11.6 Å². The van der Waals surface area contributed by atoms with Crippen LogP contribution in [0.2, 0.25) is 5.02 Å². The van der Waals surface area contributed by atoms with E-state index >= 15 is 0 Å². The van der Waals surface area contributed by atoms with Crippen LogP contribution in [0.3, 0.4) is 0 Å². The topological polar surface area (TPSA) is 70.7 Å². The number of imidazole rings is 1. The first-order valence-electron chi connectivity index (χ1n) is 11.3. The molecule has 4 heterocycles. The first-order chi connectivity index (χ1) is 16.2. The van der Waals surface area contributed by atoms with Gasteiger partial charge in [0.05, 0.1) is 22.0 Å². The number of carbonyl (C=O) groups excluding carboxylic acids is 1. The molecule has 1 saturated heterocycles. The summed E-state index contributed by atoms with van der Waals surface area (Å²) in [6.45, 7) is 6.23. The van der Waals surface area contributed by atoms with Crippen LogP contribution in [-0.2, 0) is 6.54 Å². The third-order valence-corrected chi connectivity index (χ3v) is 6.74. The number of aromatic nitrogens is 4. The summed E-state index contributed by atoms with van der Waals surface area (Å²) in [5.41, 5.74) is 2.99. The van der Waals surface area contributed by atoms with Gasteiger partial charge in [-0.25, -0.2) is 9.37 Å². The van der Waals surface area contributed by atoms with E-state index in [0.717, 1.165) is 30.6 Å². The molecule has 1 fully saturated rings. The summed E-state index contributed by atoms with van der Waals surface area (Å²) in [7, 11) is 4.18. The zero-order valence-corrected chi connectivity index (χ0v) is 20.4. The molecule has 4 aromatic rings. The summed E-state index contributed by atoms with van der Waals surface area (Å²) in [6, 6.07) is 3.56. The Hall–Kier alpha value is -3.17. The number of anilines is 2. The molecule has 0 aliphatic carbocycles. The summed E-state index contributed by atoms with van der Waals surface area (Å²) < 4.78 is 17.9. The van der Waals surface area contributed by atoms with Gasteiger partial charge in [-0.1, -0.05) is 11.6 Å². The number of carbonyl (C=O) groups is 1. The smallest absolute Gasteiger partial charge is 0.259 e. The maximum atomic E-state index is 14.5. The Labute approximate surface area is 201 Å². The molecule has 0 radical (unpaired) electrons. The second kappa shape index (κ2) is 8.56. The van der Waals surface area contributed by atoms with Crippen LogP contribution in [0.5, 0.6) is 0 Å². The zero-order chi connectivity index (χ0) is 24.1. The molecule has 34 heavy (non-hydrogen) atoms. The highest BCUT2D eigenvalue weighted by Gasteiger charge is 2.28. The monoisotopic (exact) mass is 483 g/mol. The van der Waals surface area contributed by atoms with Crippen LogP contribution in [0, 0.1) is 12.7 Å². The van der Waals surface area contributed by atoms with Gasteiger partial charge in [-0.05, 0) is 40.4 Å². The van der Waals surface area contributed by atoms with Crippen LogP contribution in [-0.4, -0.2) is 63.2 Å². The fourth-order valence-corrected chi connectivity index (χ4v) is 4.92. The predicted molar refractivity (Wildman–Crippen MR) is 133 cm³/mol. The van der Waals surface area contributed by atoms with E-state index in [0.29, 0.717) is 34.5 Å². The summed E-state index contributed by atoms with van der Waals surface area (Å²) in [5, 5.41) is 8.64. The highest BCUT2D eigenvalue weighted by molar-refractivity contribution is 6.37. The lowest BCUT2D eigenvalue weighted by Gasteiger charge is -2.23. The van der Waals surface area contributed by atoms with Gasteiger partial charge in [-0.2, -0.15) is 5.10 Å². The van der Waals surface area contributed by atoms with E-state index in [-0.39, 0.29) is 11.2 Å². The minimum Gasteiger partial charge on any atom is -0.369 e. The molecule has 0 saturated carbocycles. The van der Waals surface area contributed by atoms with Gasteiger partial charge in [0.25, 0.3) is 5.91 Å². The van der Waals surface area contributed by atoms with E-state index in [1.165, 1.54) is 6.07 Å². The lowest BCUT2D eigenvalue weighted by molar-refractivity contribution is 0.102. The fraction of sp³-hybridized carbons (Fsp3) is 0.375. The van der Waals surface area contributed by atoms with Gasteiger partial charge in [-0.3, -0.25) is 9.48 Å². The average molecular weight is 484 g/mol. The number of fused-ring (bicyclic) bond motifs is 2. The molecule has 10 heteroatoms. The van der Waals surface area contributed by atoms with Gasteiger partial charge in [0.2, 0.25) is 0 Å². The van der Waals surface area contributed by atoms with E-state index in [1.54, 1.807) is 28.4 Å². The van der Waals surface area contributed by atoms with Crippen LogP contribution in [0.15, 0.2) is 30.7 Å². The fourth-order valence-electron chi connectivity index (χ4n) is 4.64. The SMILES string of the molecule is CCn1cc2c(N3CC[C@H](N(C)C)C3)cc(Cl)c(C(=O)Nc3cc(F)c4nc(C)cn4c3)c2n1. The maximum absolute atomic E-state index is 14.5. The molecular weight excluding hydrogens is 457 g/mol. The Bertz CT molecular complexity index is 1410.